The maximum absolute atomic E-state index is 12.3. The number of hydrogen-bond acceptors (Lipinski definition) is 5. The fourth-order valence-corrected chi connectivity index (χ4v) is 2.48. The Morgan fingerprint density at radius 2 is 1.96 bits per heavy atom. The number of hydrogen-bond donors (Lipinski definition) is 4. The van der Waals surface area contributed by atoms with Crippen molar-refractivity contribution in [2.75, 3.05) is 18.5 Å². The standard InChI is InChI=1S/C16H24N4O4/c1-11(15(21)18-10-5-3-2-4-9-17)14-12(16(22)23)7-6-8-13(14)19-20-24/h6-8,11H,2-5,9-10,17H2,1H3,(H,18,21)(H,19,24)(H,22,23). The van der Waals surface area contributed by atoms with Crippen molar-refractivity contribution >= 4 is 17.6 Å². The molecule has 24 heavy (non-hydrogen) atoms. The van der Waals surface area contributed by atoms with Gasteiger partial charge in [0.2, 0.25) is 5.91 Å². The van der Waals surface area contributed by atoms with Crippen LogP contribution < -0.4 is 16.5 Å². The van der Waals surface area contributed by atoms with Crippen LogP contribution in [0.1, 0.15) is 54.4 Å². The predicted octanol–water partition coefficient (Wildman–Crippen LogP) is 2.22. The van der Waals surface area contributed by atoms with E-state index in [1.54, 1.807) is 6.92 Å². The third-order valence-corrected chi connectivity index (χ3v) is 3.76. The Balaban J connectivity index is 2.77. The van der Waals surface area contributed by atoms with Gasteiger partial charge in [-0.2, -0.15) is 0 Å². The highest BCUT2D eigenvalue weighted by Gasteiger charge is 2.24. The average Bonchev–Trinajstić information content (AvgIpc) is 2.57. The van der Waals surface area contributed by atoms with Crippen LogP contribution in [-0.4, -0.2) is 30.1 Å². The summed E-state index contributed by atoms with van der Waals surface area (Å²) in [6, 6.07) is 4.40. The first-order chi connectivity index (χ1) is 11.5. The van der Waals surface area contributed by atoms with Gasteiger partial charge in [0.25, 0.3) is 0 Å². The van der Waals surface area contributed by atoms with Crippen molar-refractivity contribution in [3.8, 4) is 0 Å². The Hall–Kier alpha value is -2.48. The van der Waals surface area contributed by atoms with Crippen molar-refractivity contribution < 1.29 is 14.7 Å². The topological polar surface area (TPSA) is 134 Å². The van der Waals surface area contributed by atoms with Gasteiger partial charge >= 0.3 is 5.97 Å². The van der Waals surface area contributed by atoms with Crippen molar-refractivity contribution in [2.45, 2.75) is 38.5 Å². The number of nitrogens with one attached hydrogen (secondary N) is 2. The van der Waals surface area contributed by atoms with E-state index in [2.05, 4.69) is 16.0 Å². The van der Waals surface area contributed by atoms with Gasteiger partial charge in [0.05, 0.1) is 22.5 Å². The van der Waals surface area contributed by atoms with E-state index >= 15 is 0 Å². The zero-order valence-electron chi connectivity index (χ0n) is 13.7. The van der Waals surface area contributed by atoms with Crippen LogP contribution in [0.4, 0.5) is 5.69 Å². The molecule has 0 fully saturated rings. The molecule has 0 aliphatic heterocycles. The Kier molecular flexibility index (Phi) is 8.42. The van der Waals surface area contributed by atoms with Gasteiger partial charge in [-0.3, -0.25) is 4.79 Å². The molecule has 1 aromatic rings. The minimum atomic E-state index is -1.17. The summed E-state index contributed by atoms with van der Waals surface area (Å²) >= 11 is 0. The van der Waals surface area contributed by atoms with Gasteiger partial charge in [-0.15, -0.1) is 4.91 Å². The third-order valence-electron chi connectivity index (χ3n) is 3.76. The van der Waals surface area contributed by atoms with Crippen LogP contribution in [-0.2, 0) is 4.79 Å². The number of anilines is 1. The molecule has 0 spiro atoms. The number of unbranched alkanes of at least 4 members (excludes halogenated alkanes) is 3. The molecule has 1 atom stereocenters. The number of benzene rings is 1. The van der Waals surface area contributed by atoms with Crippen LogP contribution in [0.25, 0.3) is 0 Å². The van der Waals surface area contributed by atoms with Crippen LogP contribution in [0.5, 0.6) is 0 Å². The van der Waals surface area contributed by atoms with Crippen LogP contribution in [0.15, 0.2) is 23.5 Å². The van der Waals surface area contributed by atoms with Gasteiger partial charge in [0.15, 0.2) is 0 Å². The SMILES string of the molecule is CC(C(=O)NCCCCCCN)c1c(NN=O)cccc1C(=O)O. The molecular formula is C16H24N4O4. The summed E-state index contributed by atoms with van der Waals surface area (Å²) in [7, 11) is 0. The van der Waals surface area contributed by atoms with E-state index in [1.807, 2.05) is 0 Å². The van der Waals surface area contributed by atoms with Crippen LogP contribution >= 0.6 is 0 Å². The van der Waals surface area contributed by atoms with Crippen molar-refractivity contribution in [3.63, 3.8) is 0 Å². The summed E-state index contributed by atoms with van der Waals surface area (Å²) in [6.45, 7) is 2.77. The van der Waals surface area contributed by atoms with E-state index in [4.69, 9.17) is 5.73 Å². The van der Waals surface area contributed by atoms with Crippen molar-refractivity contribution in [1.29, 1.82) is 0 Å². The normalized spacial score (nSPS) is 11.6. The molecule has 0 radical (unpaired) electrons. The molecule has 0 bridgehead atoms. The number of nitroso groups, excluding NO2 is 1. The number of aromatic carboxylic acids is 1. The first kappa shape index (κ1) is 19.6. The molecule has 0 aliphatic rings. The van der Waals surface area contributed by atoms with Crippen LogP contribution in [0, 0.1) is 4.91 Å². The molecule has 0 heterocycles. The quantitative estimate of drug-likeness (QED) is 0.278. The Labute approximate surface area is 140 Å². The first-order valence-electron chi connectivity index (χ1n) is 7.95. The van der Waals surface area contributed by atoms with Crippen LogP contribution in [0.3, 0.4) is 0 Å². The molecule has 1 amide bonds. The lowest BCUT2D eigenvalue weighted by Gasteiger charge is -2.17. The Bertz CT molecular complexity index is 577. The molecular weight excluding hydrogens is 312 g/mol. The fourth-order valence-electron chi connectivity index (χ4n) is 2.48. The molecule has 0 aliphatic carbocycles. The zero-order valence-corrected chi connectivity index (χ0v) is 13.7. The molecule has 1 rings (SSSR count). The van der Waals surface area contributed by atoms with Gasteiger partial charge in [0, 0.05) is 12.1 Å². The van der Waals surface area contributed by atoms with Gasteiger partial charge in [-0.25, -0.2) is 10.2 Å². The number of amides is 1. The molecule has 0 saturated carbocycles. The zero-order chi connectivity index (χ0) is 17.9. The summed E-state index contributed by atoms with van der Waals surface area (Å²) in [5, 5.41) is 14.7. The molecule has 8 nitrogen and oxygen atoms in total. The van der Waals surface area contributed by atoms with Crippen molar-refractivity contribution in [3.05, 3.63) is 34.2 Å². The first-order valence-corrected chi connectivity index (χ1v) is 7.95. The van der Waals surface area contributed by atoms with Crippen LogP contribution in [0.2, 0.25) is 0 Å². The largest absolute Gasteiger partial charge is 0.478 e. The molecule has 8 heteroatoms. The van der Waals surface area contributed by atoms with Crippen molar-refractivity contribution in [1.82, 2.24) is 5.32 Å². The minimum Gasteiger partial charge on any atom is -0.478 e. The lowest BCUT2D eigenvalue weighted by Crippen LogP contribution is -2.30. The highest BCUT2D eigenvalue weighted by atomic mass is 16.4. The third kappa shape index (κ3) is 5.62. The smallest absolute Gasteiger partial charge is 0.336 e. The second-order valence-electron chi connectivity index (χ2n) is 5.49. The number of rotatable bonds is 11. The molecule has 0 aromatic heterocycles. The minimum absolute atomic E-state index is 0.0331. The van der Waals surface area contributed by atoms with E-state index in [1.165, 1.54) is 18.2 Å². The second kappa shape index (κ2) is 10.3. The highest BCUT2D eigenvalue weighted by molar-refractivity contribution is 5.95. The maximum Gasteiger partial charge on any atom is 0.336 e. The van der Waals surface area contributed by atoms with E-state index < -0.39 is 11.9 Å². The second-order valence-corrected chi connectivity index (χ2v) is 5.49. The van der Waals surface area contributed by atoms with E-state index in [-0.39, 0.29) is 22.7 Å². The fraction of sp³-hybridized carbons (Fsp3) is 0.500. The average molecular weight is 336 g/mol. The number of carboxylic acids is 1. The van der Waals surface area contributed by atoms with Gasteiger partial charge < -0.3 is 16.2 Å². The molecule has 1 aromatic carbocycles. The number of carbonyl (C=O) groups is 2. The number of carboxylic acid groups (broad SMARTS) is 1. The maximum atomic E-state index is 12.3. The summed E-state index contributed by atoms with van der Waals surface area (Å²) in [5.41, 5.74) is 8.06. The Morgan fingerprint density at radius 1 is 1.25 bits per heavy atom. The molecule has 5 N–H and O–H groups in total. The van der Waals surface area contributed by atoms with E-state index in [9.17, 15) is 19.6 Å². The summed E-state index contributed by atoms with van der Waals surface area (Å²) in [6.07, 6.45) is 3.78. The number of nitrogens with two attached hydrogens (primary N) is 1. The van der Waals surface area contributed by atoms with Gasteiger partial charge in [0.1, 0.15) is 0 Å². The van der Waals surface area contributed by atoms with E-state index in [0.717, 1.165) is 25.7 Å². The monoisotopic (exact) mass is 336 g/mol. The van der Waals surface area contributed by atoms with Gasteiger partial charge in [-0.05, 0) is 38.4 Å². The summed E-state index contributed by atoms with van der Waals surface area (Å²) < 4.78 is 0. The molecule has 0 saturated heterocycles. The highest BCUT2D eigenvalue weighted by Crippen LogP contribution is 2.29. The Morgan fingerprint density at radius 3 is 2.58 bits per heavy atom. The van der Waals surface area contributed by atoms with Crippen molar-refractivity contribution in [2.24, 2.45) is 11.0 Å². The van der Waals surface area contributed by atoms with Gasteiger partial charge in [-0.1, -0.05) is 18.9 Å². The predicted molar refractivity (Wildman–Crippen MR) is 91.8 cm³/mol. The lowest BCUT2D eigenvalue weighted by atomic mass is 9.93. The summed E-state index contributed by atoms with van der Waals surface area (Å²) in [4.78, 5) is 34.2. The number of nitrogens with zero attached hydrogens (tertiary/aromatic N) is 1. The lowest BCUT2D eigenvalue weighted by molar-refractivity contribution is -0.122. The molecule has 1 unspecified atom stereocenters. The number of carbonyl (C=O) groups excluding carboxylic acids is 1. The summed E-state index contributed by atoms with van der Waals surface area (Å²) in [5.74, 6) is -2.19. The van der Waals surface area contributed by atoms with E-state index in [0.29, 0.717) is 13.1 Å². The molecule has 132 valence electrons.